The topological polar surface area (TPSA) is 32.3 Å². The van der Waals surface area contributed by atoms with Gasteiger partial charge in [0.25, 0.3) is 0 Å². The van der Waals surface area contributed by atoms with E-state index in [9.17, 15) is 9.18 Å². The van der Waals surface area contributed by atoms with Crippen molar-refractivity contribution in [3.63, 3.8) is 0 Å². The molecule has 1 unspecified atom stereocenters. The lowest BCUT2D eigenvalue weighted by Crippen LogP contribution is -2.43. The van der Waals surface area contributed by atoms with Gasteiger partial charge in [0.05, 0.1) is 5.69 Å². The van der Waals surface area contributed by atoms with Gasteiger partial charge in [-0.25, -0.2) is 9.18 Å². The van der Waals surface area contributed by atoms with Gasteiger partial charge in [0.2, 0.25) is 3.24 Å². The van der Waals surface area contributed by atoms with Gasteiger partial charge in [-0.1, -0.05) is 46.9 Å². The number of alkyl halides is 4. The van der Waals surface area contributed by atoms with Gasteiger partial charge in [0.1, 0.15) is 5.82 Å². The Morgan fingerprint density at radius 3 is 2.56 bits per heavy atom. The maximum Gasteiger partial charge on any atom is 0.322 e. The second-order valence-corrected chi connectivity index (χ2v) is 7.36. The summed E-state index contributed by atoms with van der Waals surface area (Å²) >= 11 is 20.2. The standard InChI is InChI=1S/C10H9BrCl3FN2O/c1-17(8(12)10(11,13)14)9(18)16-7-5-3-2-4-6(7)15/h2-5,8H,1H3,(H,16,18). The molecule has 0 aliphatic carbocycles. The molecule has 0 fully saturated rings. The number of amides is 2. The van der Waals surface area contributed by atoms with Crippen molar-refractivity contribution in [2.75, 3.05) is 12.4 Å². The molecule has 0 radical (unpaired) electrons. The molecule has 1 aromatic rings. The second kappa shape index (κ2) is 6.28. The Kier molecular flexibility index (Phi) is 5.52. The number of carbonyl (C=O) groups is 1. The molecule has 0 heterocycles. The van der Waals surface area contributed by atoms with Crippen LogP contribution >= 0.6 is 50.7 Å². The average Bonchev–Trinajstić information content (AvgIpc) is 2.29. The van der Waals surface area contributed by atoms with Crippen LogP contribution in [-0.2, 0) is 0 Å². The van der Waals surface area contributed by atoms with Crippen LogP contribution in [0.4, 0.5) is 14.9 Å². The van der Waals surface area contributed by atoms with Gasteiger partial charge < -0.3 is 10.2 Å². The predicted octanol–water partition coefficient (Wildman–Crippen LogP) is 4.38. The quantitative estimate of drug-likeness (QED) is 0.614. The van der Waals surface area contributed by atoms with E-state index in [1.165, 1.54) is 25.2 Å². The molecule has 0 aromatic heterocycles. The summed E-state index contributed by atoms with van der Waals surface area (Å²) in [6.07, 6.45) is 0. The third-order valence-electron chi connectivity index (χ3n) is 2.05. The molecular weight excluding hydrogens is 369 g/mol. The number of para-hydroxylation sites is 1. The highest BCUT2D eigenvalue weighted by molar-refractivity contribution is 9.11. The molecule has 1 atom stereocenters. The molecule has 1 aromatic carbocycles. The molecule has 0 saturated carbocycles. The Morgan fingerprint density at radius 2 is 2.06 bits per heavy atom. The van der Waals surface area contributed by atoms with Crippen molar-refractivity contribution in [2.45, 2.75) is 8.74 Å². The normalized spacial score (nSPS) is 13.0. The Balaban J connectivity index is 2.75. The number of rotatable bonds is 3. The fourth-order valence-corrected chi connectivity index (χ4v) is 1.78. The van der Waals surface area contributed by atoms with E-state index in [1.807, 2.05) is 0 Å². The lowest BCUT2D eigenvalue weighted by molar-refractivity contribution is 0.218. The van der Waals surface area contributed by atoms with Gasteiger partial charge in [0.15, 0.2) is 5.50 Å². The molecule has 0 spiro atoms. The summed E-state index contributed by atoms with van der Waals surface area (Å²) in [5.74, 6) is -0.549. The highest BCUT2D eigenvalue weighted by Crippen LogP contribution is 2.37. The van der Waals surface area contributed by atoms with Gasteiger partial charge in [-0.3, -0.25) is 0 Å². The summed E-state index contributed by atoms with van der Waals surface area (Å²) in [6.45, 7) is 0. The van der Waals surface area contributed by atoms with Crippen LogP contribution in [-0.4, -0.2) is 26.7 Å². The summed E-state index contributed by atoms with van der Waals surface area (Å²) in [5, 5.41) is 2.35. The number of urea groups is 1. The van der Waals surface area contributed by atoms with E-state index in [1.54, 1.807) is 6.07 Å². The molecule has 2 amide bonds. The van der Waals surface area contributed by atoms with Crippen LogP contribution < -0.4 is 5.32 Å². The van der Waals surface area contributed by atoms with E-state index in [-0.39, 0.29) is 5.69 Å². The molecule has 100 valence electrons. The lowest BCUT2D eigenvalue weighted by atomic mass is 10.3. The molecule has 0 aliphatic rings. The zero-order valence-corrected chi connectivity index (χ0v) is 13.0. The Labute approximate surface area is 127 Å². The zero-order chi connectivity index (χ0) is 13.9. The van der Waals surface area contributed by atoms with Crippen molar-refractivity contribution >= 4 is 62.5 Å². The first-order valence-corrected chi connectivity index (χ1v) is 6.71. The predicted molar refractivity (Wildman–Crippen MR) is 76.2 cm³/mol. The number of nitrogens with zero attached hydrogens (tertiary/aromatic N) is 1. The van der Waals surface area contributed by atoms with Gasteiger partial charge in [-0.15, -0.1) is 0 Å². The van der Waals surface area contributed by atoms with Crippen LogP contribution in [0.5, 0.6) is 0 Å². The fourth-order valence-electron chi connectivity index (χ4n) is 1.09. The summed E-state index contributed by atoms with van der Waals surface area (Å²) in [6, 6.07) is 5.12. The summed E-state index contributed by atoms with van der Waals surface area (Å²) in [4.78, 5) is 12.8. The van der Waals surface area contributed by atoms with Gasteiger partial charge in [-0.05, 0) is 28.1 Å². The van der Waals surface area contributed by atoms with Crippen molar-refractivity contribution in [3.8, 4) is 0 Å². The summed E-state index contributed by atoms with van der Waals surface area (Å²) < 4.78 is 11.8. The van der Waals surface area contributed by atoms with Gasteiger partial charge in [-0.2, -0.15) is 0 Å². The SMILES string of the molecule is CN(C(=O)Nc1ccccc1F)C(Cl)C(Cl)(Cl)Br. The van der Waals surface area contributed by atoms with E-state index in [4.69, 9.17) is 34.8 Å². The first kappa shape index (κ1) is 15.8. The highest BCUT2D eigenvalue weighted by Gasteiger charge is 2.35. The van der Waals surface area contributed by atoms with E-state index >= 15 is 0 Å². The van der Waals surface area contributed by atoms with Crippen molar-refractivity contribution < 1.29 is 9.18 Å². The minimum Gasteiger partial charge on any atom is -0.307 e. The second-order valence-electron chi connectivity index (χ2n) is 3.40. The monoisotopic (exact) mass is 376 g/mol. The summed E-state index contributed by atoms with van der Waals surface area (Å²) in [7, 11) is 1.38. The van der Waals surface area contributed by atoms with Crippen LogP contribution in [0, 0.1) is 5.82 Å². The van der Waals surface area contributed by atoms with Gasteiger partial charge >= 0.3 is 6.03 Å². The molecule has 0 bridgehead atoms. The van der Waals surface area contributed by atoms with Crippen LogP contribution in [0.15, 0.2) is 24.3 Å². The molecular formula is C10H9BrCl3FN2O. The Bertz CT molecular complexity index is 441. The number of anilines is 1. The average molecular weight is 378 g/mol. The van der Waals surface area contributed by atoms with E-state index in [0.717, 1.165) is 4.90 Å². The van der Waals surface area contributed by atoms with Crippen LogP contribution in [0.3, 0.4) is 0 Å². The first-order valence-electron chi connectivity index (χ1n) is 4.72. The van der Waals surface area contributed by atoms with Crippen LogP contribution in [0.25, 0.3) is 0 Å². The number of hydrogen-bond donors (Lipinski definition) is 1. The minimum absolute atomic E-state index is 0.0440. The van der Waals surface area contributed by atoms with E-state index < -0.39 is 20.6 Å². The maximum absolute atomic E-state index is 13.3. The van der Waals surface area contributed by atoms with Crippen molar-refractivity contribution in [2.24, 2.45) is 0 Å². The van der Waals surface area contributed by atoms with Crippen molar-refractivity contribution in [1.82, 2.24) is 4.90 Å². The summed E-state index contributed by atoms with van der Waals surface area (Å²) in [5.41, 5.74) is -0.991. The third-order valence-corrected chi connectivity index (χ3v) is 4.00. The maximum atomic E-state index is 13.3. The molecule has 0 aliphatic heterocycles. The van der Waals surface area contributed by atoms with E-state index in [2.05, 4.69) is 21.2 Å². The van der Waals surface area contributed by atoms with Crippen molar-refractivity contribution in [1.29, 1.82) is 0 Å². The number of halogens is 5. The number of nitrogens with one attached hydrogen (secondary N) is 1. The smallest absolute Gasteiger partial charge is 0.307 e. The third kappa shape index (κ3) is 4.16. The minimum atomic E-state index is -1.50. The van der Waals surface area contributed by atoms with Gasteiger partial charge in [0, 0.05) is 7.05 Å². The van der Waals surface area contributed by atoms with Crippen molar-refractivity contribution in [3.05, 3.63) is 30.1 Å². The molecule has 0 saturated heterocycles. The first-order chi connectivity index (χ1) is 8.23. The van der Waals surface area contributed by atoms with E-state index in [0.29, 0.717) is 0 Å². The highest BCUT2D eigenvalue weighted by atomic mass is 79.9. The largest absolute Gasteiger partial charge is 0.322 e. The molecule has 8 heteroatoms. The van der Waals surface area contributed by atoms with Crippen LogP contribution in [0.2, 0.25) is 0 Å². The fraction of sp³-hybridized carbons (Fsp3) is 0.300. The zero-order valence-electron chi connectivity index (χ0n) is 9.13. The number of hydrogen-bond acceptors (Lipinski definition) is 1. The lowest BCUT2D eigenvalue weighted by Gasteiger charge is -2.28. The van der Waals surface area contributed by atoms with Crippen LogP contribution in [0.1, 0.15) is 0 Å². The molecule has 18 heavy (non-hydrogen) atoms. The molecule has 3 nitrogen and oxygen atoms in total. The number of benzene rings is 1. The Hall–Kier alpha value is -0.230. The Morgan fingerprint density at radius 1 is 1.50 bits per heavy atom. The molecule has 1 N–H and O–H groups in total. The molecule has 1 rings (SSSR count). The number of carbonyl (C=O) groups excluding carboxylic acids is 1.